The molecule has 1 fully saturated rings. The molecule has 3 N–H and O–H groups in total. The van der Waals surface area contributed by atoms with Crippen LogP contribution in [0.15, 0.2) is 17.0 Å². The molecule has 0 radical (unpaired) electrons. The van der Waals surface area contributed by atoms with Crippen molar-refractivity contribution in [2.24, 2.45) is 5.14 Å². The average molecular weight is 353 g/mol. The van der Waals surface area contributed by atoms with E-state index in [-0.39, 0.29) is 26.5 Å². The number of benzene rings is 1. The van der Waals surface area contributed by atoms with Crippen molar-refractivity contribution in [3.8, 4) is 0 Å². The van der Waals surface area contributed by atoms with Gasteiger partial charge in [-0.15, -0.1) is 0 Å². The van der Waals surface area contributed by atoms with Crippen LogP contribution in [0.3, 0.4) is 0 Å². The molecule has 0 spiro atoms. The molecule has 1 aliphatic heterocycles. The van der Waals surface area contributed by atoms with Crippen molar-refractivity contribution in [3.05, 3.63) is 27.7 Å². The van der Waals surface area contributed by atoms with Crippen LogP contribution in [0, 0.1) is 0 Å². The fraction of sp³-hybridized carbons (Fsp3) is 0.417. The third-order valence-electron chi connectivity index (χ3n) is 3.11. The molecular weight excluding hydrogens is 339 g/mol. The summed E-state index contributed by atoms with van der Waals surface area (Å²) in [6, 6.07) is 2.39. The number of sulfonamides is 1. The van der Waals surface area contributed by atoms with Gasteiger partial charge in [-0.2, -0.15) is 0 Å². The standard InChI is InChI=1S/C12H14Cl2N2O4S/c13-7-5-9(11(14)10(6-7)21(15,18)19)12(17)16-8-1-3-20-4-2-8/h5-6,8H,1-4H2,(H,16,17)(H2,15,18,19). The molecule has 1 amide bonds. The molecule has 1 aromatic carbocycles. The van der Waals surface area contributed by atoms with Crippen molar-refractivity contribution < 1.29 is 17.9 Å². The van der Waals surface area contributed by atoms with Crippen LogP contribution in [0.25, 0.3) is 0 Å². The summed E-state index contributed by atoms with van der Waals surface area (Å²) in [5.74, 6) is -0.487. The van der Waals surface area contributed by atoms with E-state index in [1.54, 1.807) is 0 Å². The van der Waals surface area contributed by atoms with Gasteiger partial charge in [-0.1, -0.05) is 23.2 Å². The maximum atomic E-state index is 12.2. The van der Waals surface area contributed by atoms with E-state index in [1.165, 1.54) is 6.07 Å². The van der Waals surface area contributed by atoms with Crippen LogP contribution < -0.4 is 10.5 Å². The van der Waals surface area contributed by atoms with E-state index in [0.717, 1.165) is 6.07 Å². The SMILES string of the molecule is NS(=O)(=O)c1cc(Cl)cc(C(=O)NC2CCOCC2)c1Cl. The number of hydrogen-bond acceptors (Lipinski definition) is 4. The number of hydrogen-bond donors (Lipinski definition) is 2. The summed E-state index contributed by atoms with van der Waals surface area (Å²) in [6.07, 6.45) is 1.37. The highest BCUT2D eigenvalue weighted by molar-refractivity contribution is 7.89. The molecule has 0 saturated carbocycles. The summed E-state index contributed by atoms with van der Waals surface area (Å²) >= 11 is 11.8. The summed E-state index contributed by atoms with van der Waals surface area (Å²) in [4.78, 5) is 11.9. The van der Waals surface area contributed by atoms with Crippen LogP contribution in [0.4, 0.5) is 0 Å². The second kappa shape index (κ2) is 6.50. The molecule has 1 heterocycles. The number of primary sulfonamides is 1. The Labute approximate surface area is 132 Å². The quantitative estimate of drug-likeness (QED) is 0.861. The van der Waals surface area contributed by atoms with Crippen molar-refractivity contribution in [1.82, 2.24) is 5.32 Å². The third-order valence-corrected chi connectivity index (χ3v) is 4.78. The molecule has 0 atom stereocenters. The van der Waals surface area contributed by atoms with Gasteiger partial charge in [-0.05, 0) is 25.0 Å². The van der Waals surface area contributed by atoms with Gasteiger partial charge in [0.1, 0.15) is 4.90 Å². The number of carbonyl (C=O) groups excluding carboxylic acids is 1. The zero-order valence-electron chi connectivity index (χ0n) is 10.9. The Morgan fingerprint density at radius 1 is 1.29 bits per heavy atom. The van der Waals surface area contributed by atoms with Gasteiger partial charge in [-0.25, -0.2) is 13.6 Å². The first-order valence-corrected chi connectivity index (χ1v) is 8.49. The fourth-order valence-electron chi connectivity index (χ4n) is 2.04. The zero-order chi connectivity index (χ0) is 15.6. The van der Waals surface area contributed by atoms with E-state index >= 15 is 0 Å². The Bertz CT molecular complexity index is 657. The van der Waals surface area contributed by atoms with Crippen molar-refractivity contribution in [3.63, 3.8) is 0 Å². The summed E-state index contributed by atoms with van der Waals surface area (Å²) < 4.78 is 28.1. The lowest BCUT2D eigenvalue weighted by Crippen LogP contribution is -2.39. The molecule has 2 rings (SSSR count). The summed E-state index contributed by atoms with van der Waals surface area (Å²) in [5, 5.41) is 7.68. The maximum Gasteiger partial charge on any atom is 0.253 e. The van der Waals surface area contributed by atoms with E-state index in [2.05, 4.69) is 5.32 Å². The highest BCUT2D eigenvalue weighted by Crippen LogP contribution is 2.29. The average Bonchev–Trinajstić information content (AvgIpc) is 2.40. The van der Waals surface area contributed by atoms with Gasteiger partial charge >= 0.3 is 0 Å². The van der Waals surface area contributed by atoms with Crippen LogP contribution in [0.5, 0.6) is 0 Å². The number of halogens is 2. The van der Waals surface area contributed by atoms with E-state index in [4.69, 9.17) is 33.1 Å². The van der Waals surface area contributed by atoms with Crippen molar-refractivity contribution >= 4 is 39.1 Å². The largest absolute Gasteiger partial charge is 0.381 e. The minimum absolute atomic E-state index is 0.0142. The Morgan fingerprint density at radius 3 is 2.48 bits per heavy atom. The van der Waals surface area contributed by atoms with Crippen LogP contribution >= 0.6 is 23.2 Å². The predicted octanol–water partition coefficient (Wildman–Crippen LogP) is 1.55. The maximum absolute atomic E-state index is 12.2. The topological polar surface area (TPSA) is 98.5 Å². The molecular formula is C12H14Cl2N2O4S. The molecule has 6 nitrogen and oxygen atoms in total. The molecule has 116 valence electrons. The first-order valence-electron chi connectivity index (χ1n) is 6.19. The highest BCUT2D eigenvalue weighted by atomic mass is 35.5. The van der Waals surface area contributed by atoms with Gasteiger partial charge in [0.15, 0.2) is 0 Å². The molecule has 9 heteroatoms. The van der Waals surface area contributed by atoms with Crippen LogP contribution in [-0.4, -0.2) is 33.6 Å². The lowest BCUT2D eigenvalue weighted by molar-refractivity contribution is 0.0696. The van der Waals surface area contributed by atoms with Gasteiger partial charge in [0.25, 0.3) is 5.91 Å². The van der Waals surface area contributed by atoms with E-state index in [0.29, 0.717) is 26.1 Å². The molecule has 21 heavy (non-hydrogen) atoms. The predicted molar refractivity (Wildman–Crippen MR) is 79.1 cm³/mol. The van der Waals surface area contributed by atoms with Crippen LogP contribution in [0.1, 0.15) is 23.2 Å². The summed E-state index contributed by atoms with van der Waals surface area (Å²) in [6.45, 7) is 1.13. The molecule has 0 aromatic heterocycles. The van der Waals surface area contributed by atoms with Crippen molar-refractivity contribution in [2.45, 2.75) is 23.8 Å². The Morgan fingerprint density at radius 2 is 1.90 bits per heavy atom. The fourth-order valence-corrected chi connectivity index (χ4v) is 3.49. The van der Waals surface area contributed by atoms with Gasteiger partial charge in [0.2, 0.25) is 10.0 Å². The first kappa shape index (κ1) is 16.5. The summed E-state index contributed by atoms with van der Waals surface area (Å²) in [7, 11) is -4.06. The molecule has 1 aromatic rings. The van der Waals surface area contributed by atoms with Gasteiger partial charge in [0, 0.05) is 24.3 Å². The van der Waals surface area contributed by atoms with E-state index in [1.807, 2.05) is 0 Å². The number of nitrogens with one attached hydrogen (secondary N) is 1. The van der Waals surface area contributed by atoms with Gasteiger partial charge in [-0.3, -0.25) is 4.79 Å². The molecule has 0 bridgehead atoms. The minimum Gasteiger partial charge on any atom is -0.381 e. The Kier molecular flexibility index (Phi) is 5.11. The number of amides is 1. The van der Waals surface area contributed by atoms with Crippen LogP contribution in [0.2, 0.25) is 10.0 Å². The molecule has 0 unspecified atom stereocenters. The number of nitrogens with two attached hydrogens (primary N) is 1. The second-order valence-corrected chi connectivity index (χ2v) is 7.01. The monoisotopic (exact) mass is 352 g/mol. The van der Waals surface area contributed by atoms with E-state index in [9.17, 15) is 13.2 Å². The smallest absolute Gasteiger partial charge is 0.253 e. The minimum atomic E-state index is -4.06. The molecule has 0 aliphatic carbocycles. The van der Waals surface area contributed by atoms with Crippen molar-refractivity contribution in [1.29, 1.82) is 0 Å². The lowest BCUT2D eigenvalue weighted by Gasteiger charge is -2.23. The third kappa shape index (κ3) is 4.08. The Balaban J connectivity index is 2.30. The number of carbonyl (C=O) groups is 1. The highest BCUT2D eigenvalue weighted by Gasteiger charge is 2.23. The summed E-state index contributed by atoms with van der Waals surface area (Å²) in [5.41, 5.74) is -0.0142. The van der Waals surface area contributed by atoms with Crippen molar-refractivity contribution in [2.75, 3.05) is 13.2 Å². The lowest BCUT2D eigenvalue weighted by atomic mass is 10.1. The van der Waals surface area contributed by atoms with Gasteiger partial charge < -0.3 is 10.1 Å². The Hall–Kier alpha value is -0.860. The second-order valence-electron chi connectivity index (χ2n) is 4.67. The van der Waals surface area contributed by atoms with Crippen LogP contribution in [-0.2, 0) is 14.8 Å². The molecule has 1 saturated heterocycles. The zero-order valence-corrected chi connectivity index (χ0v) is 13.3. The van der Waals surface area contributed by atoms with E-state index < -0.39 is 15.9 Å². The molecule has 1 aliphatic rings. The number of rotatable bonds is 3. The number of ether oxygens (including phenoxy) is 1. The van der Waals surface area contributed by atoms with Gasteiger partial charge in [0.05, 0.1) is 10.6 Å². The first-order chi connectivity index (χ1) is 9.79. The normalized spacial score (nSPS) is 16.7.